The molecule has 0 spiro atoms. The van der Waals surface area contributed by atoms with Crippen molar-refractivity contribution in [2.24, 2.45) is 5.10 Å². The van der Waals surface area contributed by atoms with E-state index in [-0.39, 0.29) is 11.4 Å². The quantitative estimate of drug-likeness (QED) is 0.533. The maximum Gasteiger partial charge on any atom is 0.416 e. The Morgan fingerprint density at radius 3 is 2.41 bits per heavy atom. The molecule has 112 valence electrons. The standard InChI is InChI=1S/C14H8F3N3O2/c15-14(16,17)9-3-5-10(6-4-9)19-20-11(8-18)13(21)12-2-1-7-22-12/h1-7,19H/b20-11+. The van der Waals surface area contributed by atoms with Crippen LogP contribution >= 0.6 is 0 Å². The zero-order valence-corrected chi connectivity index (χ0v) is 10.9. The molecule has 1 N–H and O–H groups in total. The molecule has 0 aliphatic heterocycles. The Morgan fingerprint density at radius 1 is 1.23 bits per heavy atom. The molecule has 8 heteroatoms. The monoisotopic (exact) mass is 307 g/mol. The zero-order chi connectivity index (χ0) is 16.2. The molecule has 0 atom stereocenters. The van der Waals surface area contributed by atoms with Gasteiger partial charge in [-0.2, -0.15) is 23.5 Å². The second kappa shape index (κ2) is 6.13. The largest absolute Gasteiger partial charge is 0.461 e. The molecule has 1 heterocycles. The lowest BCUT2D eigenvalue weighted by molar-refractivity contribution is -0.137. The summed E-state index contributed by atoms with van der Waals surface area (Å²) in [6.07, 6.45) is -3.17. The summed E-state index contributed by atoms with van der Waals surface area (Å²) in [4.78, 5) is 11.8. The van der Waals surface area contributed by atoms with Crippen molar-refractivity contribution in [1.29, 1.82) is 5.26 Å². The number of anilines is 1. The van der Waals surface area contributed by atoms with Gasteiger partial charge >= 0.3 is 6.18 Å². The number of rotatable bonds is 4. The Hall–Kier alpha value is -3.08. The van der Waals surface area contributed by atoms with Crippen LogP contribution in [0.4, 0.5) is 18.9 Å². The molecular weight excluding hydrogens is 299 g/mol. The van der Waals surface area contributed by atoms with Gasteiger partial charge < -0.3 is 4.42 Å². The number of halogens is 3. The predicted molar refractivity (Wildman–Crippen MR) is 71.2 cm³/mol. The van der Waals surface area contributed by atoms with E-state index >= 15 is 0 Å². The normalized spacial score (nSPS) is 11.8. The number of furan rings is 1. The average molecular weight is 307 g/mol. The Bertz CT molecular complexity index is 726. The maximum absolute atomic E-state index is 12.4. The zero-order valence-electron chi connectivity index (χ0n) is 10.9. The number of alkyl halides is 3. The van der Waals surface area contributed by atoms with Crippen LogP contribution in [0.3, 0.4) is 0 Å². The van der Waals surface area contributed by atoms with E-state index in [1.807, 2.05) is 0 Å². The van der Waals surface area contributed by atoms with Crippen molar-refractivity contribution >= 4 is 17.2 Å². The highest BCUT2D eigenvalue weighted by Crippen LogP contribution is 2.29. The van der Waals surface area contributed by atoms with Crippen molar-refractivity contribution in [2.75, 3.05) is 5.43 Å². The lowest BCUT2D eigenvalue weighted by Crippen LogP contribution is -2.13. The van der Waals surface area contributed by atoms with Crippen LogP contribution in [0, 0.1) is 11.3 Å². The van der Waals surface area contributed by atoms with Crippen molar-refractivity contribution in [3.05, 3.63) is 54.0 Å². The topological polar surface area (TPSA) is 78.4 Å². The van der Waals surface area contributed by atoms with E-state index in [0.717, 1.165) is 24.3 Å². The van der Waals surface area contributed by atoms with Crippen molar-refractivity contribution in [3.63, 3.8) is 0 Å². The molecule has 0 unspecified atom stereocenters. The summed E-state index contributed by atoms with van der Waals surface area (Å²) in [5.74, 6) is -0.790. The second-order valence-corrected chi connectivity index (χ2v) is 4.07. The van der Waals surface area contributed by atoms with Gasteiger partial charge in [0.1, 0.15) is 6.07 Å². The number of Topliss-reactive ketones (excluding diaryl/α,β-unsaturated/α-hetero) is 1. The summed E-state index contributed by atoms with van der Waals surface area (Å²) in [7, 11) is 0. The molecule has 5 nitrogen and oxygen atoms in total. The fraction of sp³-hybridized carbons (Fsp3) is 0.0714. The molecule has 0 amide bonds. The Morgan fingerprint density at radius 2 is 1.91 bits per heavy atom. The molecule has 0 bridgehead atoms. The third-order valence-corrected chi connectivity index (χ3v) is 2.57. The number of hydrogen-bond donors (Lipinski definition) is 1. The highest BCUT2D eigenvalue weighted by atomic mass is 19.4. The number of nitrogens with zero attached hydrogens (tertiary/aromatic N) is 2. The van der Waals surface area contributed by atoms with E-state index in [2.05, 4.69) is 10.5 Å². The number of carbonyl (C=O) groups is 1. The van der Waals surface area contributed by atoms with E-state index in [0.29, 0.717) is 0 Å². The van der Waals surface area contributed by atoms with Gasteiger partial charge in [-0.1, -0.05) is 0 Å². The van der Waals surface area contributed by atoms with Gasteiger partial charge in [-0.25, -0.2) is 0 Å². The number of nitriles is 1. The summed E-state index contributed by atoms with van der Waals surface area (Å²) in [6.45, 7) is 0. The number of benzene rings is 1. The molecule has 0 saturated carbocycles. The molecule has 0 radical (unpaired) electrons. The highest BCUT2D eigenvalue weighted by Gasteiger charge is 2.29. The lowest BCUT2D eigenvalue weighted by Gasteiger charge is -2.07. The molecule has 2 aromatic rings. The SMILES string of the molecule is N#C/C(=N\Nc1ccc(C(F)(F)F)cc1)C(=O)c1ccco1. The van der Waals surface area contributed by atoms with Crippen LogP contribution in [-0.4, -0.2) is 11.5 Å². The lowest BCUT2D eigenvalue weighted by atomic mass is 10.2. The van der Waals surface area contributed by atoms with E-state index in [4.69, 9.17) is 9.68 Å². The molecule has 0 aliphatic carbocycles. The van der Waals surface area contributed by atoms with E-state index < -0.39 is 23.2 Å². The van der Waals surface area contributed by atoms with Crippen molar-refractivity contribution in [2.45, 2.75) is 6.18 Å². The minimum atomic E-state index is -4.44. The first kappa shape index (κ1) is 15.3. The summed E-state index contributed by atoms with van der Waals surface area (Å²) >= 11 is 0. The van der Waals surface area contributed by atoms with Crippen molar-refractivity contribution < 1.29 is 22.4 Å². The fourth-order valence-corrected chi connectivity index (χ4v) is 1.51. The smallest absolute Gasteiger partial charge is 0.416 e. The number of ketones is 1. The first-order valence-electron chi connectivity index (χ1n) is 5.91. The number of carbonyl (C=O) groups excluding carboxylic acids is 1. The van der Waals surface area contributed by atoms with Crippen LogP contribution in [-0.2, 0) is 6.18 Å². The molecule has 0 saturated heterocycles. The van der Waals surface area contributed by atoms with Gasteiger partial charge in [0.25, 0.3) is 5.78 Å². The van der Waals surface area contributed by atoms with Crippen LogP contribution in [0.25, 0.3) is 0 Å². The van der Waals surface area contributed by atoms with E-state index in [9.17, 15) is 18.0 Å². The van der Waals surface area contributed by atoms with Crippen LogP contribution < -0.4 is 5.43 Å². The fourth-order valence-electron chi connectivity index (χ4n) is 1.51. The van der Waals surface area contributed by atoms with E-state index in [1.165, 1.54) is 18.4 Å². The molecule has 2 rings (SSSR count). The molecule has 22 heavy (non-hydrogen) atoms. The third-order valence-electron chi connectivity index (χ3n) is 2.57. The number of hydrogen-bond acceptors (Lipinski definition) is 5. The first-order chi connectivity index (χ1) is 10.4. The minimum Gasteiger partial charge on any atom is -0.461 e. The minimum absolute atomic E-state index is 0.0606. The van der Waals surface area contributed by atoms with Gasteiger partial charge in [0.15, 0.2) is 5.76 Å². The highest BCUT2D eigenvalue weighted by molar-refractivity contribution is 6.50. The first-order valence-corrected chi connectivity index (χ1v) is 5.91. The Balaban J connectivity index is 2.13. The summed E-state index contributed by atoms with van der Waals surface area (Å²) in [6, 6.07) is 8.43. The molecule has 0 fully saturated rings. The van der Waals surface area contributed by atoms with Crippen LogP contribution in [0.2, 0.25) is 0 Å². The van der Waals surface area contributed by atoms with E-state index in [1.54, 1.807) is 6.07 Å². The van der Waals surface area contributed by atoms with Gasteiger partial charge in [-0.05, 0) is 36.4 Å². The van der Waals surface area contributed by atoms with Crippen LogP contribution in [0.5, 0.6) is 0 Å². The van der Waals surface area contributed by atoms with Crippen LogP contribution in [0.1, 0.15) is 16.1 Å². The molecule has 0 aliphatic rings. The summed E-state index contributed by atoms with van der Waals surface area (Å²) in [5, 5.41) is 12.5. The van der Waals surface area contributed by atoms with Gasteiger partial charge in [0.05, 0.1) is 17.5 Å². The van der Waals surface area contributed by atoms with Gasteiger partial charge in [-0.3, -0.25) is 10.2 Å². The van der Waals surface area contributed by atoms with Gasteiger partial charge in [0, 0.05) is 0 Å². The predicted octanol–water partition coefficient (Wildman–Crippen LogP) is 3.47. The third kappa shape index (κ3) is 3.52. The summed E-state index contributed by atoms with van der Waals surface area (Å²) in [5.41, 5.74) is 1.27. The number of nitrogens with one attached hydrogen (secondary N) is 1. The molecule has 1 aromatic carbocycles. The average Bonchev–Trinajstić information content (AvgIpc) is 3.01. The Kier molecular flexibility index (Phi) is 4.27. The molecule has 1 aromatic heterocycles. The van der Waals surface area contributed by atoms with Crippen LogP contribution in [0.15, 0.2) is 52.2 Å². The van der Waals surface area contributed by atoms with Gasteiger partial charge in [0.2, 0.25) is 5.71 Å². The van der Waals surface area contributed by atoms with Crippen molar-refractivity contribution in [1.82, 2.24) is 0 Å². The van der Waals surface area contributed by atoms with Gasteiger partial charge in [-0.15, -0.1) is 0 Å². The molecular formula is C14H8F3N3O2. The maximum atomic E-state index is 12.4. The number of hydrazone groups is 1. The second-order valence-electron chi connectivity index (χ2n) is 4.07. The summed E-state index contributed by atoms with van der Waals surface area (Å²) < 4.78 is 42.1. The Labute approximate surface area is 122 Å². The van der Waals surface area contributed by atoms with Crippen molar-refractivity contribution in [3.8, 4) is 6.07 Å².